The van der Waals surface area contributed by atoms with Crippen molar-refractivity contribution < 1.29 is 4.74 Å². The van der Waals surface area contributed by atoms with Gasteiger partial charge in [0.2, 0.25) is 0 Å². The molecule has 2 aromatic rings. The summed E-state index contributed by atoms with van der Waals surface area (Å²) in [5, 5.41) is 1.36. The van der Waals surface area contributed by atoms with Gasteiger partial charge in [0.15, 0.2) is 0 Å². The fourth-order valence-electron chi connectivity index (χ4n) is 5.33. The second kappa shape index (κ2) is 3.96. The molecular formula is C18H22N2O. The molecule has 1 N–H and O–H groups in total. The van der Waals surface area contributed by atoms with E-state index in [0.29, 0.717) is 0 Å². The van der Waals surface area contributed by atoms with Crippen LogP contribution >= 0.6 is 0 Å². The number of piperidine rings is 2. The first kappa shape index (κ1) is 12.0. The van der Waals surface area contributed by atoms with Crippen LogP contribution in [0, 0.1) is 11.8 Å². The summed E-state index contributed by atoms with van der Waals surface area (Å²) in [7, 11) is 1.75. The molecule has 1 aromatic heterocycles. The van der Waals surface area contributed by atoms with Crippen LogP contribution in [0.4, 0.5) is 5.69 Å². The fourth-order valence-corrected chi connectivity index (χ4v) is 5.33. The zero-order chi connectivity index (χ0) is 14.1. The summed E-state index contributed by atoms with van der Waals surface area (Å²) in [6.45, 7) is 3.62. The van der Waals surface area contributed by atoms with Crippen molar-refractivity contribution in [3.63, 3.8) is 0 Å². The van der Waals surface area contributed by atoms with Crippen molar-refractivity contribution in [2.45, 2.75) is 38.1 Å². The van der Waals surface area contributed by atoms with Gasteiger partial charge in [-0.25, -0.2) is 0 Å². The van der Waals surface area contributed by atoms with E-state index in [4.69, 9.17) is 4.74 Å². The monoisotopic (exact) mass is 282 g/mol. The third kappa shape index (κ3) is 1.39. The number of H-pyrrole nitrogens is 1. The number of nitrogens with zero attached hydrogens (tertiary/aromatic N) is 1. The lowest BCUT2D eigenvalue weighted by atomic mass is 9.67. The molecule has 3 aliphatic heterocycles. The summed E-state index contributed by atoms with van der Waals surface area (Å²) in [5.74, 6) is 3.47. The molecule has 1 saturated carbocycles. The van der Waals surface area contributed by atoms with Crippen molar-refractivity contribution in [1.82, 2.24) is 4.98 Å². The number of nitrogens with one attached hydrogen (secondary N) is 1. The van der Waals surface area contributed by atoms with Gasteiger partial charge in [0, 0.05) is 35.1 Å². The van der Waals surface area contributed by atoms with E-state index in [1.54, 1.807) is 7.11 Å². The van der Waals surface area contributed by atoms with E-state index in [1.807, 2.05) is 0 Å². The molecule has 4 heterocycles. The number of ether oxygens (including phenoxy) is 1. The Bertz CT molecular complexity index is 719. The normalized spacial score (nSPS) is 32.8. The number of anilines is 1. The smallest absolute Gasteiger partial charge is 0.119 e. The lowest BCUT2D eigenvalue weighted by Crippen LogP contribution is -2.53. The van der Waals surface area contributed by atoms with E-state index < -0.39 is 0 Å². The molecule has 3 nitrogen and oxygen atoms in total. The minimum absolute atomic E-state index is 0.732. The van der Waals surface area contributed by atoms with E-state index in [9.17, 15) is 0 Å². The molecule has 0 spiro atoms. The van der Waals surface area contributed by atoms with Gasteiger partial charge in [-0.15, -0.1) is 0 Å². The molecule has 21 heavy (non-hydrogen) atoms. The van der Waals surface area contributed by atoms with Crippen molar-refractivity contribution in [3.05, 3.63) is 23.9 Å². The van der Waals surface area contributed by atoms with Gasteiger partial charge in [0.1, 0.15) is 5.75 Å². The van der Waals surface area contributed by atoms with Gasteiger partial charge in [-0.05, 0) is 42.9 Å². The van der Waals surface area contributed by atoms with Crippen molar-refractivity contribution in [1.29, 1.82) is 0 Å². The molecule has 3 heteroatoms. The Morgan fingerprint density at radius 3 is 3.05 bits per heavy atom. The van der Waals surface area contributed by atoms with Gasteiger partial charge in [-0.3, -0.25) is 0 Å². The number of fused-ring (bicyclic) bond motifs is 4. The van der Waals surface area contributed by atoms with Crippen LogP contribution in [0.1, 0.15) is 37.8 Å². The van der Waals surface area contributed by atoms with Gasteiger partial charge in [-0.2, -0.15) is 0 Å². The first-order valence-corrected chi connectivity index (χ1v) is 8.26. The molecular weight excluding hydrogens is 260 g/mol. The molecule has 1 aromatic carbocycles. The predicted octanol–water partition coefficient (Wildman–Crippen LogP) is 3.90. The molecule has 4 atom stereocenters. The average molecular weight is 282 g/mol. The van der Waals surface area contributed by atoms with E-state index in [-0.39, 0.29) is 0 Å². The molecule has 4 aliphatic rings. The number of benzene rings is 1. The Hall–Kier alpha value is -1.64. The van der Waals surface area contributed by atoms with Gasteiger partial charge >= 0.3 is 0 Å². The Morgan fingerprint density at radius 2 is 2.24 bits per heavy atom. The lowest BCUT2D eigenvalue weighted by Gasteiger charge is -2.50. The summed E-state index contributed by atoms with van der Waals surface area (Å²) < 4.78 is 5.43. The molecule has 1 unspecified atom stereocenters. The standard InChI is InChI=1S/C18H22N2O/c1-3-11-6-10-7-14-16-18(20(9-10)17(11)14)13-8-12(21-2)4-5-15(13)19-16/h4-5,8,10-11,14,17,19H,3,6-7,9H2,1-2H3/t10-,11-,14-,17?/m0/s1. The van der Waals surface area contributed by atoms with Crippen LogP contribution in [0.3, 0.4) is 0 Å². The number of hydrogen-bond acceptors (Lipinski definition) is 2. The van der Waals surface area contributed by atoms with Crippen LogP contribution in [-0.2, 0) is 0 Å². The highest BCUT2D eigenvalue weighted by Gasteiger charge is 2.53. The zero-order valence-electron chi connectivity index (χ0n) is 12.7. The average Bonchev–Trinajstić information content (AvgIpc) is 3.01. The van der Waals surface area contributed by atoms with Crippen molar-refractivity contribution >= 4 is 16.6 Å². The molecule has 1 aliphatic carbocycles. The zero-order valence-corrected chi connectivity index (χ0v) is 12.7. The minimum atomic E-state index is 0.732. The van der Waals surface area contributed by atoms with Gasteiger partial charge in [0.25, 0.3) is 0 Å². The first-order valence-electron chi connectivity index (χ1n) is 8.26. The van der Waals surface area contributed by atoms with E-state index >= 15 is 0 Å². The Balaban J connectivity index is 1.71. The highest BCUT2D eigenvalue weighted by Crippen LogP contribution is 2.58. The van der Waals surface area contributed by atoms with Gasteiger partial charge in [-0.1, -0.05) is 13.3 Å². The first-order chi connectivity index (χ1) is 10.3. The quantitative estimate of drug-likeness (QED) is 0.905. The number of methoxy groups -OCH3 is 1. The molecule has 4 bridgehead atoms. The lowest BCUT2D eigenvalue weighted by molar-refractivity contribution is 0.154. The topological polar surface area (TPSA) is 28.3 Å². The highest BCUT2D eigenvalue weighted by atomic mass is 16.5. The molecule has 3 fully saturated rings. The summed E-state index contributed by atoms with van der Waals surface area (Å²) in [6, 6.07) is 7.18. The minimum Gasteiger partial charge on any atom is -0.497 e. The van der Waals surface area contributed by atoms with E-state index in [0.717, 1.165) is 29.5 Å². The van der Waals surface area contributed by atoms with Crippen LogP contribution in [0.2, 0.25) is 0 Å². The highest BCUT2D eigenvalue weighted by molar-refractivity contribution is 5.98. The summed E-state index contributed by atoms with van der Waals surface area (Å²) >= 11 is 0. The van der Waals surface area contributed by atoms with Gasteiger partial charge in [0.05, 0.1) is 12.8 Å². The number of aromatic nitrogens is 1. The van der Waals surface area contributed by atoms with E-state index in [2.05, 4.69) is 35.0 Å². The maximum absolute atomic E-state index is 5.43. The maximum atomic E-state index is 5.43. The van der Waals surface area contributed by atoms with Crippen LogP contribution in [-0.4, -0.2) is 24.7 Å². The maximum Gasteiger partial charge on any atom is 0.119 e. The van der Waals surface area contributed by atoms with Crippen LogP contribution < -0.4 is 9.64 Å². The van der Waals surface area contributed by atoms with Crippen molar-refractivity contribution in [3.8, 4) is 5.75 Å². The number of hydrogen-bond donors (Lipinski definition) is 1. The van der Waals surface area contributed by atoms with E-state index in [1.165, 1.54) is 48.1 Å². The van der Waals surface area contributed by atoms with Gasteiger partial charge < -0.3 is 14.6 Å². The van der Waals surface area contributed by atoms with Crippen LogP contribution in [0.25, 0.3) is 10.9 Å². The van der Waals surface area contributed by atoms with Crippen LogP contribution in [0.15, 0.2) is 18.2 Å². The second-order valence-corrected chi connectivity index (χ2v) is 7.05. The Kier molecular flexibility index (Phi) is 2.26. The largest absolute Gasteiger partial charge is 0.497 e. The summed E-state index contributed by atoms with van der Waals surface area (Å²) in [5.41, 5.74) is 4.25. The fraction of sp³-hybridized carbons (Fsp3) is 0.556. The second-order valence-electron chi connectivity index (χ2n) is 7.05. The Morgan fingerprint density at radius 1 is 1.33 bits per heavy atom. The third-order valence-corrected chi connectivity index (χ3v) is 6.12. The van der Waals surface area contributed by atoms with Crippen molar-refractivity contribution in [2.75, 3.05) is 18.6 Å². The molecule has 2 saturated heterocycles. The number of aromatic amines is 1. The summed E-state index contributed by atoms with van der Waals surface area (Å²) in [4.78, 5) is 6.46. The van der Waals surface area contributed by atoms with Crippen LogP contribution in [0.5, 0.6) is 5.75 Å². The van der Waals surface area contributed by atoms with Crippen molar-refractivity contribution in [2.24, 2.45) is 11.8 Å². The molecule has 0 radical (unpaired) electrons. The molecule has 110 valence electrons. The molecule has 0 amide bonds. The SMILES string of the molecule is CC[C@H]1C[C@H]2C[C@H]3c4[nH]c5ccc(OC)cc5c4N(C2)C13. The number of rotatable bonds is 2. The molecule has 6 rings (SSSR count). The Labute approximate surface area is 125 Å². The predicted molar refractivity (Wildman–Crippen MR) is 85.2 cm³/mol. The third-order valence-electron chi connectivity index (χ3n) is 6.12. The summed E-state index contributed by atoms with van der Waals surface area (Å²) in [6.07, 6.45) is 4.15.